The van der Waals surface area contributed by atoms with Crippen molar-refractivity contribution in [3.05, 3.63) is 16.9 Å². The zero-order valence-electron chi connectivity index (χ0n) is 15.2. The molecule has 3 heterocycles. The average Bonchev–Trinajstić information content (AvgIpc) is 3.21. The molecule has 1 aromatic carbocycles. The predicted molar refractivity (Wildman–Crippen MR) is 101 cm³/mol. The molecule has 0 radical (unpaired) electrons. The zero-order valence-corrected chi connectivity index (χ0v) is 16.8. The number of nitrogens with zero attached hydrogens (tertiary/aromatic N) is 3. The van der Waals surface area contributed by atoms with Crippen molar-refractivity contribution in [1.82, 2.24) is 8.87 Å². The average molecular weight is 412 g/mol. The fraction of sp³-hybridized carbons (Fsp3) is 0.529. The highest BCUT2D eigenvalue weighted by molar-refractivity contribution is 7.88. The molecule has 27 heavy (non-hydrogen) atoms. The number of hydrogen-bond donors (Lipinski definition) is 0. The van der Waals surface area contributed by atoms with Gasteiger partial charge in [-0.05, 0) is 19.8 Å². The third-order valence-corrected chi connectivity index (χ3v) is 7.19. The molecule has 2 aromatic rings. The summed E-state index contributed by atoms with van der Waals surface area (Å²) in [6, 6.07) is 3.06. The van der Waals surface area contributed by atoms with Gasteiger partial charge in [-0.25, -0.2) is 8.42 Å². The van der Waals surface area contributed by atoms with Crippen LogP contribution in [0.4, 0.5) is 0 Å². The first-order valence-electron chi connectivity index (χ1n) is 8.87. The molecule has 146 valence electrons. The minimum Gasteiger partial charge on any atom is -0.454 e. The van der Waals surface area contributed by atoms with Gasteiger partial charge in [0.05, 0.1) is 16.5 Å². The van der Waals surface area contributed by atoms with Gasteiger partial charge in [-0.1, -0.05) is 17.8 Å². The summed E-state index contributed by atoms with van der Waals surface area (Å²) in [7, 11) is -3.44. The molecule has 0 bridgehead atoms. The number of piperidine rings is 1. The molecule has 0 aliphatic carbocycles. The van der Waals surface area contributed by atoms with E-state index in [0.29, 0.717) is 35.8 Å². The predicted octanol–water partition coefficient (Wildman–Crippen LogP) is 1.69. The van der Waals surface area contributed by atoms with Crippen LogP contribution in [-0.2, 0) is 21.4 Å². The van der Waals surface area contributed by atoms with Crippen LogP contribution >= 0.6 is 11.3 Å². The molecular formula is C17H21N3O5S2. The van der Waals surface area contributed by atoms with Crippen molar-refractivity contribution in [2.45, 2.75) is 38.8 Å². The van der Waals surface area contributed by atoms with E-state index in [2.05, 4.69) is 4.99 Å². The van der Waals surface area contributed by atoms with Crippen LogP contribution in [0.1, 0.15) is 26.2 Å². The number of fused-ring (bicyclic) bond motifs is 2. The highest BCUT2D eigenvalue weighted by Gasteiger charge is 2.34. The Labute approximate surface area is 161 Å². The van der Waals surface area contributed by atoms with Gasteiger partial charge in [-0.2, -0.15) is 9.30 Å². The third kappa shape index (κ3) is 3.37. The molecule has 2 aliphatic rings. The summed E-state index contributed by atoms with van der Waals surface area (Å²) in [6.07, 6.45) is 3.23. The second-order valence-corrected chi connectivity index (χ2v) is 9.58. The van der Waals surface area contributed by atoms with Gasteiger partial charge in [0, 0.05) is 25.2 Å². The van der Waals surface area contributed by atoms with Crippen molar-refractivity contribution in [2.75, 3.05) is 19.6 Å². The van der Waals surface area contributed by atoms with E-state index in [0.717, 1.165) is 29.3 Å². The summed E-state index contributed by atoms with van der Waals surface area (Å²) in [5.74, 6) is 0.949. The molecule has 4 rings (SSSR count). The van der Waals surface area contributed by atoms with E-state index in [1.165, 1.54) is 15.6 Å². The van der Waals surface area contributed by atoms with Crippen LogP contribution in [0.3, 0.4) is 0 Å². The fourth-order valence-corrected chi connectivity index (χ4v) is 5.80. The number of carbonyl (C=O) groups is 1. The third-order valence-electron chi connectivity index (χ3n) is 4.86. The van der Waals surface area contributed by atoms with Crippen LogP contribution < -0.4 is 14.3 Å². The number of rotatable bonds is 3. The normalized spacial score (nSPS) is 21.1. The van der Waals surface area contributed by atoms with Gasteiger partial charge >= 0.3 is 0 Å². The number of hydrogen-bond acceptors (Lipinski definition) is 6. The van der Waals surface area contributed by atoms with Crippen LogP contribution in [-0.4, -0.2) is 48.8 Å². The maximum Gasteiger partial charge on any atom is 0.266 e. The topological polar surface area (TPSA) is 90.2 Å². The lowest BCUT2D eigenvalue weighted by Gasteiger charge is -2.31. The van der Waals surface area contributed by atoms with Gasteiger partial charge in [0.15, 0.2) is 16.3 Å². The molecule has 1 atom stereocenters. The summed E-state index contributed by atoms with van der Waals surface area (Å²) in [5, 5.41) is 0. The molecule has 0 N–H and O–H groups in total. The van der Waals surface area contributed by atoms with Crippen molar-refractivity contribution in [3.63, 3.8) is 0 Å². The van der Waals surface area contributed by atoms with Crippen molar-refractivity contribution >= 4 is 37.5 Å². The van der Waals surface area contributed by atoms with E-state index in [1.54, 1.807) is 0 Å². The SMILES string of the molecule is CCn1c(=NC(=O)C2CCCCN2S(C)(=O)=O)sc2cc3c(cc21)OCO3. The minimum absolute atomic E-state index is 0.206. The molecule has 1 amide bonds. The van der Waals surface area contributed by atoms with E-state index >= 15 is 0 Å². The van der Waals surface area contributed by atoms with Crippen molar-refractivity contribution < 1.29 is 22.7 Å². The number of benzene rings is 1. The van der Waals surface area contributed by atoms with Gasteiger partial charge < -0.3 is 14.0 Å². The maximum atomic E-state index is 12.8. The molecule has 8 nitrogen and oxygen atoms in total. The number of aromatic nitrogens is 1. The molecule has 2 aliphatic heterocycles. The maximum absolute atomic E-state index is 12.8. The van der Waals surface area contributed by atoms with E-state index in [1.807, 2.05) is 23.6 Å². The number of amides is 1. The minimum atomic E-state index is -3.44. The number of aryl methyl sites for hydroxylation is 1. The van der Waals surface area contributed by atoms with Crippen LogP contribution in [0, 0.1) is 0 Å². The Bertz CT molecular complexity index is 1070. The standard InChI is InChI=1S/C17H21N3O5S2/c1-3-19-12-8-13-14(25-10-24-13)9-15(12)26-17(19)18-16(21)11-6-4-5-7-20(11)27(2,22)23/h8-9,11H,3-7,10H2,1-2H3. The lowest BCUT2D eigenvalue weighted by atomic mass is 10.0. The first-order chi connectivity index (χ1) is 12.9. The molecule has 1 unspecified atom stereocenters. The lowest BCUT2D eigenvalue weighted by molar-refractivity contribution is -0.122. The Morgan fingerprint density at radius 3 is 2.74 bits per heavy atom. The summed E-state index contributed by atoms with van der Waals surface area (Å²) in [5.41, 5.74) is 0.918. The van der Waals surface area contributed by atoms with Gasteiger partial charge in [0.25, 0.3) is 5.91 Å². The quantitative estimate of drug-likeness (QED) is 0.767. The first-order valence-corrected chi connectivity index (χ1v) is 11.5. The fourth-order valence-electron chi connectivity index (χ4n) is 3.57. The highest BCUT2D eigenvalue weighted by atomic mass is 32.2. The van der Waals surface area contributed by atoms with E-state index in [9.17, 15) is 13.2 Å². The molecule has 1 fully saturated rings. The van der Waals surface area contributed by atoms with Crippen LogP contribution in [0.2, 0.25) is 0 Å². The van der Waals surface area contributed by atoms with Gasteiger partial charge in [0.1, 0.15) is 6.04 Å². The van der Waals surface area contributed by atoms with E-state index in [4.69, 9.17) is 9.47 Å². The van der Waals surface area contributed by atoms with Crippen molar-refractivity contribution in [2.24, 2.45) is 4.99 Å². The summed E-state index contributed by atoms with van der Waals surface area (Å²) in [4.78, 5) is 17.7. The number of sulfonamides is 1. The van der Waals surface area contributed by atoms with Gasteiger partial charge in [-0.15, -0.1) is 0 Å². The second-order valence-electron chi connectivity index (χ2n) is 6.64. The Morgan fingerprint density at radius 2 is 2.04 bits per heavy atom. The summed E-state index contributed by atoms with van der Waals surface area (Å²) >= 11 is 1.39. The van der Waals surface area contributed by atoms with Crippen LogP contribution in [0.25, 0.3) is 10.2 Å². The van der Waals surface area contributed by atoms with Gasteiger partial charge in [-0.3, -0.25) is 4.79 Å². The molecular weight excluding hydrogens is 390 g/mol. The van der Waals surface area contributed by atoms with E-state index < -0.39 is 22.0 Å². The number of carbonyl (C=O) groups excluding carboxylic acids is 1. The van der Waals surface area contributed by atoms with Crippen molar-refractivity contribution in [3.8, 4) is 11.5 Å². The Balaban J connectivity index is 1.76. The second kappa shape index (κ2) is 6.92. The lowest BCUT2D eigenvalue weighted by Crippen LogP contribution is -2.47. The Kier molecular flexibility index (Phi) is 4.73. The molecule has 1 saturated heterocycles. The molecule has 0 saturated carbocycles. The Morgan fingerprint density at radius 1 is 1.30 bits per heavy atom. The van der Waals surface area contributed by atoms with Crippen LogP contribution in [0.15, 0.2) is 17.1 Å². The zero-order chi connectivity index (χ0) is 19.2. The smallest absolute Gasteiger partial charge is 0.266 e. The number of ether oxygens (including phenoxy) is 2. The summed E-state index contributed by atoms with van der Waals surface area (Å²) < 4.78 is 39.1. The number of thiazole rings is 1. The van der Waals surface area contributed by atoms with Gasteiger partial charge in [0.2, 0.25) is 16.8 Å². The largest absolute Gasteiger partial charge is 0.454 e. The molecule has 1 aromatic heterocycles. The highest BCUT2D eigenvalue weighted by Crippen LogP contribution is 2.37. The van der Waals surface area contributed by atoms with Crippen LogP contribution in [0.5, 0.6) is 11.5 Å². The summed E-state index contributed by atoms with van der Waals surface area (Å²) in [6.45, 7) is 3.18. The Hall–Kier alpha value is -1.91. The first kappa shape index (κ1) is 18.5. The van der Waals surface area contributed by atoms with Crippen molar-refractivity contribution in [1.29, 1.82) is 0 Å². The monoisotopic (exact) mass is 411 g/mol. The van der Waals surface area contributed by atoms with E-state index in [-0.39, 0.29) is 6.79 Å². The molecule has 10 heteroatoms. The molecule has 0 spiro atoms.